The molecule has 2 aromatic carbocycles. The lowest BCUT2D eigenvalue weighted by Gasteiger charge is -1.95. The van der Waals surface area contributed by atoms with Crippen LogP contribution in [-0.2, 0) is 0 Å². The Bertz CT molecular complexity index is 791. The number of fused-ring (bicyclic) bond motifs is 1. The monoisotopic (exact) mass is 245 g/mol. The lowest BCUT2D eigenvalue weighted by molar-refractivity contribution is 1.11. The highest BCUT2D eigenvalue weighted by Crippen LogP contribution is 2.18. The zero-order valence-corrected chi connectivity index (χ0v) is 10.2. The first-order valence-electron chi connectivity index (χ1n) is 5.99. The zero-order chi connectivity index (χ0) is 13.1. The van der Waals surface area contributed by atoms with Crippen LogP contribution in [-0.4, -0.2) is 10.2 Å². The molecule has 1 heterocycles. The van der Waals surface area contributed by atoms with Gasteiger partial charge >= 0.3 is 0 Å². The standard InChI is InChI=1S/C16H11N3/c17-11-13-6-2-1-5-12(13)9-10-16-14-7-3-4-8-15(14)18-19-16/h1-10H,(H,18,19)/b10-9+. The molecule has 19 heavy (non-hydrogen) atoms. The summed E-state index contributed by atoms with van der Waals surface area (Å²) in [5.41, 5.74) is 3.45. The van der Waals surface area contributed by atoms with Gasteiger partial charge in [0, 0.05) is 5.39 Å². The van der Waals surface area contributed by atoms with Gasteiger partial charge in [-0.05, 0) is 23.8 Å². The van der Waals surface area contributed by atoms with Crippen LogP contribution >= 0.6 is 0 Å². The van der Waals surface area contributed by atoms with E-state index in [9.17, 15) is 0 Å². The Labute approximate surface area is 110 Å². The molecule has 0 saturated heterocycles. The first kappa shape index (κ1) is 11.2. The van der Waals surface area contributed by atoms with Gasteiger partial charge in [-0.1, -0.05) is 42.5 Å². The van der Waals surface area contributed by atoms with Crippen LogP contribution in [0.4, 0.5) is 0 Å². The number of H-pyrrole nitrogens is 1. The van der Waals surface area contributed by atoms with Gasteiger partial charge in [-0.15, -0.1) is 0 Å². The summed E-state index contributed by atoms with van der Waals surface area (Å²) in [7, 11) is 0. The molecular formula is C16H11N3. The SMILES string of the molecule is N#Cc1ccccc1/C=C/c1n[nH]c2ccccc12. The van der Waals surface area contributed by atoms with Crippen LogP contribution in [0.15, 0.2) is 48.5 Å². The van der Waals surface area contributed by atoms with Gasteiger partial charge in [0.2, 0.25) is 0 Å². The molecule has 0 aliphatic heterocycles. The van der Waals surface area contributed by atoms with Crippen molar-refractivity contribution in [3.8, 4) is 6.07 Å². The molecule has 0 aliphatic carbocycles. The van der Waals surface area contributed by atoms with Crippen molar-refractivity contribution in [2.75, 3.05) is 0 Å². The van der Waals surface area contributed by atoms with Crippen LogP contribution in [0, 0.1) is 11.3 Å². The molecule has 0 atom stereocenters. The van der Waals surface area contributed by atoms with Gasteiger partial charge < -0.3 is 0 Å². The molecule has 1 N–H and O–H groups in total. The van der Waals surface area contributed by atoms with Crippen molar-refractivity contribution in [2.45, 2.75) is 0 Å². The van der Waals surface area contributed by atoms with E-state index < -0.39 is 0 Å². The second kappa shape index (κ2) is 4.79. The van der Waals surface area contributed by atoms with E-state index in [-0.39, 0.29) is 0 Å². The molecule has 0 unspecified atom stereocenters. The summed E-state index contributed by atoms with van der Waals surface area (Å²) in [6, 6.07) is 17.7. The third-order valence-corrected chi connectivity index (χ3v) is 3.00. The second-order valence-electron chi connectivity index (χ2n) is 4.19. The Kier molecular flexibility index (Phi) is 2.83. The largest absolute Gasteiger partial charge is 0.277 e. The number of rotatable bonds is 2. The van der Waals surface area contributed by atoms with Gasteiger partial charge in [0.15, 0.2) is 0 Å². The van der Waals surface area contributed by atoms with E-state index >= 15 is 0 Å². The summed E-state index contributed by atoms with van der Waals surface area (Å²) in [6.07, 6.45) is 3.84. The maximum absolute atomic E-state index is 9.04. The maximum atomic E-state index is 9.04. The van der Waals surface area contributed by atoms with Crippen molar-refractivity contribution < 1.29 is 0 Å². The van der Waals surface area contributed by atoms with Crippen LogP contribution in [0.5, 0.6) is 0 Å². The number of nitrogens with zero attached hydrogens (tertiary/aromatic N) is 2. The number of hydrogen-bond acceptors (Lipinski definition) is 2. The first-order valence-corrected chi connectivity index (χ1v) is 5.99. The summed E-state index contributed by atoms with van der Waals surface area (Å²) in [5.74, 6) is 0. The Hall–Kier alpha value is -2.86. The molecule has 3 aromatic rings. The Morgan fingerprint density at radius 1 is 1.00 bits per heavy atom. The number of benzene rings is 2. The number of nitrogens with one attached hydrogen (secondary N) is 1. The fraction of sp³-hybridized carbons (Fsp3) is 0. The predicted molar refractivity (Wildman–Crippen MR) is 76.2 cm³/mol. The van der Waals surface area contributed by atoms with E-state index in [0.29, 0.717) is 5.56 Å². The van der Waals surface area contributed by atoms with Crippen molar-refractivity contribution in [2.24, 2.45) is 0 Å². The van der Waals surface area contributed by atoms with Crippen LogP contribution < -0.4 is 0 Å². The van der Waals surface area contributed by atoms with Crippen molar-refractivity contribution in [1.29, 1.82) is 5.26 Å². The van der Waals surface area contributed by atoms with Crippen molar-refractivity contribution in [3.05, 3.63) is 65.4 Å². The summed E-state index contributed by atoms with van der Waals surface area (Å²) < 4.78 is 0. The fourth-order valence-corrected chi connectivity index (χ4v) is 2.02. The smallest absolute Gasteiger partial charge is 0.0997 e. The molecule has 1 aromatic heterocycles. The van der Waals surface area contributed by atoms with E-state index in [0.717, 1.165) is 22.2 Å². The molecule has 0 radical (unpaired) electrons. The molecule has 0 bridgehead atoms. The van der Waals surface area contributed by atoms with Crippen LogP contribution in [0.3, 0.4) is 0 Å². The number of hydrogen-bond donors (Lipinski definition) is 1. The average molecular weight is 245 g/mol. The molecule has 0 fully saturated rings. The number of aromatic nitrogens is 2. The van der Waals surface area contributed by atoms with Gasteiger partial charge in [0.05, 0.1) is 22.8 Å². The van der Waals surface area contributed by atoms with Crippen molar-refractivity contribution in [3.63, 3.8) is 0 Å². The third kappa shape index (κ3) is 2.12. The molecular weight excluding hydrogens is 234 g/mol. The highest BCUT2D eigenvalue weighted by atomic mass is 15.1. The number of nitriles is 1. The van der Waals surface area contributed by atoms with E-state index in [1.807, 2.05) is 60.7 Å². The van der Waals surface area contributed by atoms with E-state index in [2.05, 4.69) is 16.3 Å². The van der Waals surface area contributed by atoms with Gasteiger partial charge in [-0.3, -0.25) is 5.10 Å². The molecule has 3 nitrogen and oxygen atoms in total. The zero-order valence-electron chi connectivity index (χ0n) is 10.2. The van der Waals surface area contributed by atoms with Crippen LogP contribution in [0.25, 0.3) is 23.1 Å². The second-order valence-corrected chi connectivity index (χ2v) is 4.19. The van der Waals surface area contributed by atoms with E-state index in [1.165, 1.54) is 0 Å². The summed E-state index contributed by atoms with van der Waals surface area (Å²) >= 11 is 0. The molecule has 0 amide bonds. The quantitative estimate of drug-likeness (QED) is 0.749. The summed E-state index contributed by atoms with van der Waals surface area (Å²) in [4.78, 5) is 0. The minimum atomic E-state index is 0.665. The minimum Gasteiger partial charge on any atom is -0.277 e. The minimum absolute atomic E-state index is 0.665. The Balaban J connectivity index is 2.01. The highest BCUT2D eigenvalue weighted by Gasteiger charge is 2.01. The van der Waals surface area contributed by atoms with Crippen molar-refractivity contribution >= 4 is 23.1 Å². The molecule has 3 rings (SSSR count). The van der Waals surface area contributed by atoms with Crippen molar-refractivity contribution in [1.82, 2.24) is 10.2 Å². The highest BCUT2D eigenvalue weighted by molar-refractivity contribution is 5.89. The van der Waals surface area contributed by atoms with Crippen LogP contribution in [0.2, 0.25) is 0 Å². The van der Waals surface area contributed by atoms with Gasteiger partial charge in [-0.2, -0.15) is 10.4 Å². The first-order chi connectivity index (χ1) is 9.38. The topological polar surface area (TPSA) is 52.5 Å². The fourth-order valence-electron chi connectivity index (χ4n) is 2.02. The molecule has 0 spiro atoms. The normalized spacial score (nSPS) is 10.9. The van der Waals surface area contributed by atoms with E-state index in [1.54, 1.807) is 0 Å². The number of para-hydroxylation sites is 1. The Morgan fingerprint density at radius 3 is 2.68 bits per heavy atom. The third-order valence-electron chi connectivity index (χ3n) is 3.00. The molecule has 3 heteroatoms. The van der Waals surface area contributed by atoms with Gasteiger partial charge in [0.25, 0.3) is 0 Å². The lowest BCUT2D eigenvalue weighted by Crippen LogP contribution is -1.80. The molecule has 90 valence electrons. The molecule has 0 aliphatic rings. The van der Waals surface area contributed by atoms with Gasteiger partial charge in [0.1, 0.15) is 0 Å². The predicted octanol–water partition coefficient (Wildman–Crippen LogP) is 3.60. The average Bonchev–Trinajstić information content (AvgIpc) is 2.89. The maximum Gasteiger partial charge on any atom is 0.0997 e. The van der Waals surface area contributed by atoms with E-state index in [4.69, 9.17) is 5.26 Å². The Morgan fingerprint density at radius 2 is 1.79 bits per heavy atom. The lowest BCUT2D eigenvalue weighted by atomic mass is 10.1. The van der Waals surface area contributed by atoms with Gasteiger partial charge in [-0.25, -0.2) is 0 Å². The summed E-state index contributed by atoms with van der Waals surface area (Å²) in [6.45, 7) is 0. The number of aromatic amines is 1. The molecule has 0 saturated carbocycles. The van der Waals surface area contributed by atoms with Crippen LogP contribution in [0.1, 0.15) is 16.8 Å². The summed E-state index contributed by atoms with van der Waals surface area (Å²) in [5, 5.41) is 17.4.